The zero-order chi connectivity index (χ0) is 15.9. The minimum absolute atomic E-state index is 0.0427. The number of phenols is 1. The van der Waals surface area contributed by atoms with Crippen LogP contribution in [-0.4, -0.2) is 34.1 Å². The number of hydrogen-bond donors (Lipinski definition) is 2. The molecule has 0 bridgehead atoms. The molecule has 2 N–H and O–H groups in total. The molecule has 0 heterocycles. The van der Waals surface area contributed by atoms with Gasteiger partial charge in [0, 0.05) is 6.04 Å². The number of aromatic hydroxyl groups is 1. The van der Waals surface area contributed by atoms with Gasteiger partial charge in [-0.15, -0.1) is 0 Å². The summed E-state index contributed by atoms with van der Waals surface area (Å²) >= 11 is 0. The first kappa shape index (κ1) is 16.3. The van der Waals surface area contributed by atoms with Gasteiger partial charge in [0.1, 0.15) is 18.1 Å². The summed E-state index contributed by atoms with van der Waals surface area (Å²) < 4.78 is 5.67. The molecule has 4 heteroatoms. The number of rotatable bonds is 7. The van der Waals surface area contributed by atoms with Gasteiger partial charge in [-0.25, -0.2) is 0 Å². The molecule has 2 aromatic carbocycles. The smallest absolute Gasteiger partial charge is 0.119 e. The van der Waals surface area contributed by atoms with Crippen molar-refractivity contribution in [1.82, 2.24) is 5.06 Å². The van der Waals surface area contributed by atoms with Crippen LogP contribution in [0.25, 0.3) is 0 Å². The predicted molar refractivity (Wildman–Crippen MR) is 86.3 cm³/mol. The van der Waals surface area contributed by atoms with E-state index in [1.54, 1.807) is 12.1 Å². The number of benzene rings is 2. The monoisotopic (exact) mass is 301 g/mol. The van der Waals surface area contributed by atoms with E-state index in [2.05, 4.69) is 0 Å². The average molecular weight is 301 g/mol. The summed E-state index contributed by atoms with van der Waals surface area (Å²) in [6, 6.07) is 16.5. The van der Waals surface area contributed by atoms with Gasteiger partial charge in [0.05, 0.1) is 6.04 Å². The fourth-order valence-corrected chi connectivity index (χ4v) is 2.31. The van der Waals surface area contributed by atoms with E-state index in [-0.39, 0.29) is 17.8 Å². The van der Waals surface area contributed by atoms with Crippen LogP contribution in [0.1, 0.15) is 19.4 Å². The van der Waals surface area contributed by atoms with E-state index in [1.807, 2.05) is 56.3 Å². The lowest BCUT2D eigenvalue weighted by Gasteiger charge is -2.28. The second-order valence-electron chi connectivity index (χ2n) is 5.57. The summed E-state index contributed by atoms with van der Waals surface area (Å²) in [6.07, 6.45) is 0.701. The maximum atomic E-state index is 10.3. The molecule has 0 saturated carbocycles. The molecule has 0 spiro atoms. The third-order valence-electron chi connectivity index (χ3n) is 3.61. The fraction of sp³-hybridized carbons (Fsp3) is 0.333. The number of nitrogens with zero attached hydrogens (tertiary/aromatic N) is 1. The summed E-state index contributed by atoms with van der Waals surface area (Å²) in [4.78, 5) is 0. The van der Waals surface area contributed by atoms with Crippen molar-refractivity contribution in [3.05, 3.63) is 60.2 Å². The Labute approximate surface area is 131 Å². The molecule has 2 unspecified atom stereocenters. The van der Waals surface area contributed by atoms with Crippen LogP contribution in [0.3, 0.4) is 0 Å². The molecule has 118 valence electrons. The molecule has 2 aromatic rings. The van der Waals surface area contributed by atoms with Crippen molar-refractivity contribution in [3.63, 3.8) is 0 Å². The van der Waals surface area contributed by atoms with Gasteiger partial charge in [-0.2, -0.15) is 5.06 Å². The van der Waals surface area contributed by atoms with E-state index >= 15 is 0 Å². The quantitative estimate of drug-likeness (QED) is 0.769. The summed E-state index contributed by atoms with van der Waals surface area (Å²) in [6.45, 7) is 4.31. The Morgan fingerprint density at radius 3 is 2.23 bits per heavy atom. The van der Waals surface area contributed by atoms with Crippen molar-refractivity contribution in [3.8, 4) is 11.5 Å². The third kappa shape index (κ3) is 4.76. The third-order valence-corrected chi connectivity index (χ3v) is 3.61. The topological polar surface area (TPSA) is 52.9 Å². The van der Waals surface area contributed by atoms with Crippen molar-refractivity contribution < 1.29 is 15.1 Å². The van der Waals surface area contributed by atoms with E-state index in [1.165, 1.54) is 5.06 Å². The summed E-state index contributed by atoms with van der Waals surface area (Å²) in [7, 11) is 0. The predicted octanol–water partition coefficient (Wildman–Crippen LogP) is 3.48. The Morgan fingerprint density at radius 1 is 0.955 bits per heavy atom. The molecule has 2 atom stereocenters. The summed E-state index contributed by atoms with van der Waals surface area (Å²) in [5.74, 6) is 1.05. The average Bonchev–Trinajstić information content (AvgIpc) is 2.55. The molecule has 2 rings (SSSR count). The fourth-order valence-electron chi connectivity index (χ4n) is 2.31. The van der Waals surface area contributed by atoms with Crippen molar-refractivity contribution in [2.24, 2.45) is 0 Å². The minimum atomic E-state index is -0.118. The van der Waals surface area contributed by atoms with E-state index in [9.17, 15) is 10.3 Å². The van der Waals surface area contributed by atoms with Gasteiger partial charge >= 0.3 is 0 Å². The van der Waals surface area contributed by atoms with Gasteiger partial charge in [0.2, 0.25) is 0 Å². The molecule has 0 aliphatic rings. The molecular formula is C18H23NO3. The molecule has 22 heavy (non-hydrogen) atoms. The standard InChI is InChI=1S/C18H23NO3/c1-14(12-16-8-10-17(20)11-9-16)19(21)15(2)13-22-18-6-4-3-5-7-18/h3-11,14-15,20-21H,12-13H2,1-2H3. The van der Waals surface area contributed by atoms with Gasteiger partial charge in [-0.05, 0) is 50.1 Å². The number of hydrogen-bond acceptors (Lipinski definition) is 4. The van der Waals surface area contributed by atoms with E-state index < -0.39 is 0 Å². The van der Waals surface area contributed by atoms with Crippen LogP contribution in [0.4, 0.5) is 0 Å². The first-order valence-corrected chi connectivity index (χ1v) is 7.49. The van der Waals surface area contributed by atoms with Crippen molar-refractivity contribution in [1.29, 1.82) is 0 Å². The first-order valence-electron chi connectivity index (χ1n) is 7.49. The normalized spacial score (nSPS) is 13.8. The van der Waals surface area contributed by atoms with Crippen LogP contribution in [-0.2, 0) is 6.42 Å². The zero-order valence-corrected chi connectivity index (χ0v) is 13.0. The van der Waals surface area contributed by atoms with Crippen LogP contribution in [0.15, 0.2) is 54.6 Å². The summed E-state index contributed by atoms with van der Waals surface area (Å²) in [5.41, 5.74) is 1.07. The highest BCUT2D eigenvalue weighted by molar-refractivity contribution is 5.26. The number of ether oxygens (including phenoxy) is 1. The molecule has 0 fully saturated rings. The van der Waals surface area contributed by atoms with Crippen LogP contribution in [0.5, 0.6) is 11.5 Å². The Morgan fingerprint density at radius 2 is 1.59 bits per heavy atom. The number of hydroxylamine groups is 2. The molecular weight excluding hydrogens is 278 g/mol. The highest BCUT2D eigenvalue weighted by atomic mass is 16.5. The number of para-hydroxylation sites is 1. The van der Waals surface area contributed by atoms with Gasteiger partial charge in [-0.1, -0.05) is 30.3 Å². The largest absolute Gasteiger partial charge is 0.508 e. The minimum Gasteiger partial charge on any atom is -0.508 e. The van der Waals surface area contributed by atoms with Gasteiger partial charge < -0.3 is 15.1 Å². The van der Waals surface area contributed by atoms with Crippen molar-refractivity contribution >= 4 is 0 Å². The molecule has 0 radical (unpaired) electrons. The van der Waals surface area contributed by atoms with Crippen LogP contribution in [0, 0.1) is 0 Å². The van der Waals surface area contributed by atoms with Crippen LogP contribution < -0.4 is 4.74 Å². The maximum absolute atomic E-state index is 10.3. The second-order valence-corrected chi connectivity index (χ2v) is 5.57. The van der Waals surface area contributed by atoms with Gasteiger partial charge in [0.15, 0.2) is 0 Å². The molecule has 0 aromatic heterocycles. The molecule has 4 nitrogen and oxygen atoms in total. The highest BCUT2D eigenvalue weighted by Crippen LogP contribution is 2.15. The van der Waals surface area contributed by atoms with Crippen LogP contribution in [0.2, 0.25) is 0 Å². The van der Waals surface area contributed by atoms with Crippen molar-refractivity contribution in [2.75, 3.05) is 6.61 Å². The molecule has 0 saturated heterocycles. The Kier molecular flexibility index (Phi) is 5.81. The highest BCUT2D eigenvalue weighted by Gasteiger charge is 2.19. The summed E-state index contributed by atoms with van der Waals surface area (Å²) in [5, 5.41) is 20.9. The zero-order valence-electron chi connectivity index (χ0n) is 13.0. The molecule has 0 aliphatic heterocycles. The molecule has 0 amide bonds. The van der Waals surface area contributed by atoms with Crippen LogP contribution >= 0.6 is 0 Å². The first-order chi connectivity index (χ1) is 10.6. The van der Waals surface area contributed by atoms with E-state index in [0.717, 1.165) is 11.3 Å². The number of phenolic OH excluding ortho intramolecular Hbond substituents is 1. The SMILES string of the molecule is CC(COc1ccccc1)N(O)C(C)Cc1ccc(O)cc1. The molecule has 0 aliphatic carbocycles. The Hall–Kier alpha value is -2.04. The lowest BCUT2D eigenvalue weighted by molar-refractivity contribution is -0.157. The van der Waals surface area contributed by atoms with E-state index in [4.69, 9.17) is 4.74 Å². The van der Waals surface area contributed by atoms with Gasteiger partial charge in [-0.3, -0.25) is 0 Å². The van der Waals surface area contributed by atoms with E-state index in [0.29, 0.717) is 13.0 Å². The van der Waals surface area contributed by atoms with Gasteiger partial charge in [0.25, 0.3) is 0 Å². The van der Waals surface area contributed by atoms with Crippen molar-refractivity contribution in [2.45, 2.75) is 32.4 Å². The lowest BCUT2D eigenvalue weighted by Crippen LogP contribution is -2.41. The Bertz CT molecular complexity index is 556. The Balaban J connectivity index is 1.83. The maximum Gasteiger partial charge on any atom is 0.119 e. The lowest BCUT2D eigenvalue weighted by atomic mass is 10.1. The second kappa shape index (κ2) is 7.82.